The summed E-state index contributed by atoms with van der Waals surface area (Å²) in [6.45, 7) is 1.90. The Hall–Kier alpha value is -1.75. The number of hydrogen-bond donors (Lipinski definition) is 2. The number of hydrogen-bond acceptors (Lipinski definition) is 4. The van der Waals surface area contributed by atoms with Gasteiger partial charge < -0.3 is 20.3 Å². The van der Waals surface area contributed by atoms with Gasteiger partial charge in [-0.1, -0.05) is 6.07 Å². The van der Waals surface area contributed by atoms with Crippen LogP contribution >= 0.6 is 0 Å². The number of nitrogens with two attached hydrogens (primary N) is 1. The van der Waals surface area contributed by atoms with Crippen molar-refractivity contribution in [1.29, 1.82) is 0 Å². The van der Waals surface area contributed by atoms with Gasteiger partial charge in [-0.25, -0.2) is 0 Å². The summed E-state index contributed by atoms with van der Waals surface area (Å²) >= 11 is 0. The van der Waals surface area contributed by atoms with E-state index in [9.17, 15) is 4.79 Å². The Balaban J connectivity index is 2.96. The van der Waals surface area contributed by atoms with Crippen LogP contribution in [0.25, 0.3) is 0 Å². The predicted molar refractivity (Wildman–Crippen MR) is 68.1 cm³/mol. The molecule has 0 heterocycles. The van der Waals surface area contributed by atoms with E-state index in [1.807, 2.05) is 13.0 Å². The van der Waals surface area contributed by atoms with Crippen LogP contribution in [-0.4, -0.2) is 25.3 Å². The molecule has 1 unspecified atom stereocenters. The lowest BCUT2D eigenvalue weighted by atomic mass is 10.00. The van der Waals surface area contributed by atoms with Gasteiger partial charge in [-0.3, -0.25) is 4.79 Å². The SMILES string of the molecule is COc1cc(C(N)CCC(=O)O)cc(C)c1OC. The number of aryl methyl sites for hydroxylation is 1. The van der Waals surface area contributed by atoms with Gasteiger partial charge in [0, 0.05) is 12.5 Å². The van der Waals surface area contributed by atoms with Crippen LogP contribution in [0, 0.1) is 6.92 Å². The predicted octanol–water partition coefficient (Wildman–Crippen LogP) is 1.88. The summed E-state index contributed by atoms with van der Waals surface area (Å²) in [6, 6.07) is 3.37. The molecule has 1 aromatic carbocycles. The van der Waals surface area contributed by atoms with Crippen LogP contribution in [0.1, 0.15) is 30.0 Å². The van der Waals surface area contributed by atoms with Crippen LogP contribution in [0.3, 0.4) is 0 Å². The Morgan fingerprint density at radius 1 is 1.39 bits per heavy atom. The molecule has 0 saturated heterocycles. The topological polar surface area (TPSA) is 81.8 Å². The van der Waals surface area contributed by atoms with Gasteiger partial charge in [0.15, 0.2) is 11.5 Å². The summed E-state index contributed by atoms with van der Waals surface area (Å²) in [7, 11) is 3.14. The van der Waals surface area contributed by atoms with Crippen LogP contribution in [-0.2, 0) is 4.79 Å². The molecule has 0 spiro atoms. The van der Waals surface area contributed by atoms with Crippen molar-refractivity contribution in [3.05, 3.63) is 23.3 Å². The standard InChI is InChI=1S/C13H19NO4/c1-8-6-9(10(14)4-5-12(15)16)7-11(17-2)13(8)18-3/h6-7,10H,4-5,14H2,1-3H3,(H,15,16). The fourth-order valence-corrected chi connectivity index (χ4v) is 1.84. The molecule has 3 N–H and O–H groups in total. The van der Waals surface area contributed by atoms with E-state index >= 15 is 0 Å². The number of ether oxygens (including phenoxy) is 2. The number of methoxy groups -OCH3 is 2. The second kappa shape index (κ2) is 6.26. The van der Waals surface area contributed by atoms with Crippen molar-refractivity contribution in [2.75, 3.05) is 14.2 Å². The van der Waals surface area contributed by atoms with Crippen LogP contribution in [0.2, 0.25) is 0 Å². The molecule has 0 amide bonds. The third kappa shape index (κ3) is 3.37. The van der Waals surface area contributed by atoms with Crippen molar-refractivity contribution in [3.8, 4) is 11.5 Å². The van der Waals surface area contributed by atoms with Gasteiger partial charge in [0.05, 0.1) is 14.2 Å². The lowest BCUT2D eigenvalue weighted by Gasteiger charge is -2.16. The van der Waals surface area contributed by atoms with Gasteiger partial charge in [-0.2, -0.15) is 0 Å². The highest BCUT2D eigenvalue weighted by atomic mass is 16.5. The second-order valence-corrected chi connectivity index (χ2v) is 4.11. The van der Waals surface area contributed by atoms with Crippen molar-refractivity contribution in [3.63, 3.8) is 0 Å². The van der Waals surface area contributed by atoms with E-state index in [0.717, 1.165) is 11.1 Å². The zero-order valence-corrected chi connectivity index (χ0v) is 10.9. The van der Waals surface area contributed by atoms with E-state index in [2.05, 4.69) is 0 Å². The third-order valence-corrected chi connectivity index (χ3v) is 2.78. The number of carboxylic acids is 1. The molecule has 0 aliphatic rings. The summed E-state index contributed by atoms with van der Waals surface area (Å²) in [6.07, 6.45) is 0.443. The van der Waals surface area contributed by atoms with Gasteiger partial charge in [0.1, 0.15) is 0 Å². The van der Waals surface area contributed by atoms with Crippen LogP contribution < -0.4 is 15.2 Å². The van der Waals surface area contributed by atoms with Crippen LogP contribution in [0.15, 0.2) is 12.1 Å². The van der Waals surface area contributed by atoms with Crippen LogP contribution in [0.4, 0.5) is 0 Å². The Bertz CT molecular complexity index is 431. The van der Waals surface area contributed by atoms with Gasteiger partial charge in [0.2, 0.25) is 0 Å². The molecular weight excluding hydrogens is 234 g/mol. The van der Waals surface area contributed by atoms with Crippen molar-refractivity contribution in [2.45, 2.75) is 25.8 Å². The highest BCUT2D eigenvalue weighted by Gasteiger charge is 2.14. The first-order chi connectivity index (χ1) is 8.49. The summed E-state index contributed by atoms with van der Waals surface area (Å²) in [4.78, 5) is 10.5. The third-order valence-electron chi connectivity index (χ3n) is 2.78. The van der Waals surface area contributed by atoms with Crippen molar-refractivity contribution in [1.82, 2.24) is 0 Å². The Morgan fingerprint density at radius 2 is 2.06 bits per heavy atom. The first-order valence-electron chi connectivity index (χ1n) is 5.69. The maximum Gasteiger partial charge on any atom is 0.303 e. The number of benzene rings is 1. The minimum absolute atomic E-state index is 0.0502. The fraction of sp³-hybridized carbons (Fsp3) is 0.462. The lowest BCUT2D eigenvalue weighted by molar-refractivity contribution is -0.137. The number of rotatable bonds is 6. The molecule has 0 bridgehead atoms. The molecule has 5 heteroatoms. The second-order valence-electron chi connectivity index (χ2n) is 4.11. The summed E-state index contributed by atoms with van der Waals surface area (Å²) in [5, 5.41) is 8.65. The minimum Gasteiger partial charge on any atom is -0.493 e. The summed E-state index contributed by atoms with van der Waals surface area (Å²) < 4.78 is 10.5. The van der Waals surface area contributed by atoms with Crippen molar-refractivity contribution < 1.29 is 19.4 Å². The van der Waals surface area contributed by atoms with Gasteiger partial charge >= 0.3 is 5.97 Å². The van der Waals surface area contributed by atoms with Crippen molar-refractivity contribution in [2.24, 2.45) is 5.73 Å². The summed E-state index contributed by atoms with van der Waals surface area (Å²) in [5.41, 5.74) is 7.74. The van der Waals surface area contributed by atoms with E-state index in [1.165, 1.54) is 0 Å². The molecule has 100 valence electrons. The molecule has 5 nitrogen and oxygen atoms in total. The molecule has 0 aliphatic carbocycles. The Labute approximate surface area is 107 Å². The molecule has 1 atom stereocenters. The van der Waals surface area contributed by atoms with Crippen molar-refractivity contribution >= 4 is 5.97 Å². The molecule has 1 rings (SSSR count). The van der Waals surface area contributed by atoms with Crippen LogP contribution in [0.5, 0.6) is 11.5 Å². The zero-order valence-electron chi connectivity index (χ0n) is 10.9. The highest BCUT2D eigenvalue weighted by Crippen LogP contribution is 2.34. The molecule has 1 aromatic rings. The maximum absolute atomic E-state index is 10.5. The molecular formula is C13H19NO4. The molecule has 0 radical (unpaired) electrons. The van der Waals surface area contributed by atoms with Gasteiger partial charge in [-0.05, 0) is 30.5 Å². The van der Waals surface area contributed by atoms with Gasteiger partial charge in [-0.15, -0.1) is 0 Å². The van der Waals surface area contributed by atoms with E-state index in [-0.39, 0.29) is 12.5 Å². The number of carboxylic acid groups (broad SMARTS) is 1. The van der Waals surface area contributed by atoms with E-state index in [1.54, 1.807) is 20.3 Å². The Kier molecular flexibility index (Phi) is 4.97. The molecule has 0 aliphatic heterocycles. The fourth-order valence-electron chi connectivity index (χ4n) is 1.84. The average Bonchev–Trinajstić information content (AvgIpc) is 2.34. The first-order valence-corrected chi connectivity index (χ1v) is 5.69. The molecule has 0 aromatic heterocycles. The molecule has 18 heavy (non-hydrogen) atoms. The first kappa shape index (κ1) is 14.3. The smallest absolute Gasteiger partial charge is 0.303 e. The Morgan fingerprint density at radius 3 is 2.56 bits per heavy atom. The monoisotopic (exact) mass is 253 g/mol. The normalized spacial score (nSPS) is 12.0. The minimum atomic E-state index is -0.845. The largest absolute Gasteiger partial charge is 0.493 e. The molecule has 0 saturated carbocycles. The summed E-state index contributed by atoms with van der Waals surface area (Å²) in [5.74, 6) is 0.438. The maximum atomic E-state index is 10.5. The molecule has 0 fully saturated rings. The van der Waals surface area contributed by atoms with E-state index < -0.39 is 5.97 Å². The number of carbonyl (C=O) groups is 1. The quantitative estimate of drug-likeness (QED) is 0.808. The van der Waals surface area contributed by atoms with Gasteiger partial charge in [0.25, 0.3) is 0 Å². The average molecular weight is 253 g/mol. The zero-order chi connectivity index (χ0) is 13.7. The lowest BCUT2D eigenvalue weighted by Crippen LogP contribution is -2.13. The number of aliphatic carboxylic acids is 1. The highest BCUT2D eigenvalue weighted by molar-refractivity contribution is 5.66. The van der Waals surface area contributed by atoms with E-state index in [0.29, 0.717) is 17.9 Å². The van der Waals surface area contributed by atoms with E-state index in [4.69, 9.17) is 20.3 Å².